The third-order valence-corrected chi connectivity index (χ3v) is 4.45. The van der Waals surface area contributed by atoms with Crippen molar-refractivity contribution in [2.24, 2.45) is 0 Å². The average molecular weight is 276 g/mol. The van der Waals surface area contributed by atoms with E-state index in [1.165, 1.54) is 43.6 Å². The summed E-state index contributed by atoms with van der Waals surface area (Å²) in [5, 5.41) is 13.1. The number of aliphatic hydroxyl groups excluding tert-OH is 1. The summed E-state index contributed by atoms with van der Waals surface area (Å²) in [5.41, 5.74) is 2.34. The zero-order valence-electron chi connectivity index (χ0n) is 13.0. The topological polar surface area (TPSA) is 35.5 Å². The first-order valence-corrected chi connectivity index (χ1v) is 7.76. The zero-order chi connectivity index (χ0) is 14.6. The number of rotatable bonds is 5. The number of anilines is 1. The van der Waals surface area contributed by atoms with Crippen molar-refractivity contribution in [2.75, 3.05) is 18.0 Å². The third-order valence-electron chi connectivity index (χ3n) is 4.45. The maximum atomic E-state index is 9.70. The molecule has 0 spiro atoms. The van der Waals surface area contributed by atoms with Crippen LogP contribution in [0, 0.1) is 0 Å². The van der Waals surface area contributed by atoms with Gasteiger partial charge < -0.3 is 15.3 Å². The fourth-order valence-electron chi connectivity index (χ4n) is 2.45. The molecule has 3 nitrogen and oxygen atoms in total. The molecule has 0 aliphatic carbocycles. The number of piperidine rings is 1. The molecular weight excluding hydrogens is 248 g/mol. The van der Waals surface area contributed by atoms with Crippen molar-refractivity contribution in [1.29, 1.82) is 0 Å². The van der Waals surface area contributed by atoms with Gasteiger partial charge in [0, 0.05) is 30.9 Å². The van der Waals surface area contributed by atoms with Gasteiger partial charge in [0.25, 0.3) is 0 Å². The smallest absolute Gasteiger partial charge is 0.0688 e. The predicted molar refractivity (Wildman–Crippen MR) is 85.1 cm³/mol. The molecule has 1 heterocycles. The van der Waals surface area contributed by atoms with Crippen LogP contribution in [0.1, 0.15) is 45.6 Å². The zero-order valence-corrected chi connectivity index (χ0v) is 13.0. The van der Waals surface area contributed by atoms with E-state index >= 15 is 0 Å². The van der Waals surface area contributed by atoms with Crippen LogP contribution in [0.3, 0.4) is 0 Å². The SMILES string of the molecule is CC(O)C(C)(C)NCc1ccc(N2CCCCC2)cc1. The van der Waals surface area contributed by atoms with Crippen molar-refractivity contribution >= 4 is 5.69 Å². The van der Waals surface area contributed by atoms with Gasteiger partial charge in [-0.1, -0.05) is 12.1 Å². The van der Waals surface area contributed by atoms with Gasteiger partial charge in [-0.3, -0.25) is 0 Å². The van der Waals surface area contributed by atoms with Gasteiger partial charge in [-0.05, 0) is 57.7 Å². The van der Waals surface area contributed by atoms with Gasteiger partial charge >= 0.3 is 0 Å². The summed E-state index contributed by atoms with van der Waals surface area (Å²) in [5.74, 6) is 0. The van der Waals surface area contributed by atoms with Gasteiger partial charge in [0.05, 0.1) is 6.10 Å². The molecule has 20 heavy (non-hydrogen) atoms. The molecule has 0 radical (unpaired) electrons. The minimum atomic E-state index is -0.366. The van der Waals surface area contributed by atoms with Crippen LogP contribution in [-0.4, -0.2) is 29.8 Å². The summed E-state index contributed by atoms with van der Waals surface area (Å²) in [6, 6.07) is 8.82. The van der Waals surface area contributed by atoms with Gasteiger partial charge in [0.15, 0.2) is 0 Å². The number of nitrogens with zero attached hydrogens (tertiary/aromatic N) is 1. The average Bonchev–Trinajstić information content (AvgIpc) is 2.46. The molecule has 112 valence electrons. The first-order valence-electron chi connectivity index (χ1n) is 7.76. The fraction of sp³-hybridized carbons (Fsp3) is 0.647. The van der Waals surface area contributed by atoms with Crippen LogP contribution in [0.2, 0.25) is 0 Å². The van der Waals surface area contributed by atoms with E-state index in [4.69, 9.17) is 0 Å². The summed E-state index contributed by atoms with van der Waals surface area (Å²) < 4.78 is 0. The Morgan fingerprint density at radius 2 is 1.75 bits per heavy atom. The lowest BCUT2D eigenvalue weighted by molar-refractivity contribution is 0.0956. The molecule has 1 unspecified atom stereocenters. The molecule has 1 fully saturated rings. The van der Waals surface area contributed by atoms with Crippen molar-refractivity contribution in [1.82, 2.24) is 5.32 Å². The number of nitrogens with one attached hydrogen (secondary N) is 1. The van der Waals surface area contributed by atoms with Gasteiger partial charge in [-0.25, -0.2) is 0 Å². The highest BCUT2D eigenvalue weighted by molar-refractivity contribution is 5.47. The molecule has 0 aromatic heterocycles. The third kappa shape index (κ3) is 3.97. The van der Waals surface area contributed by atoms with E-state index in [0.717, 1.165) is 6.54 Å². The fourth-order valence-corrected chi connectivity index (χ4v) is 2.45. The highest BCUT2D eigenvalue weighted by Gasteiger charge is 2.22. The van der Waals surface area contributed by atoms with E-state index in [1.807, 2.05) is 20.8 Å². The van der Waals surface area contributed by atoms with Crippen LogP contribution in [0.4, 0.5) is 5.69 Å². The van der Waals surface area contributed by atoms with Crippen LogP contribution < -0.4 is 10.2 Å². The molecule has 1 saturated heterocycles. The van der Waals surface area contributed by atoms with Crippen molar-refractivity contribution < 1.29 is 5.11 Å². The molecular formula is C17H28N2O. The molecule has 1 aliphatic rings. The maximum Gasteiger partial charge on any atom is 0.0688 e. The van der Waals surface area contributed by atoms with Crippen LogP contribution in [0.5, 0.6) is 0 Å². The Kier molecular flexibility index (Phi) is 5.06. The molecule has 1 aromatic rings. The van der Waals surface area contributed by atoms with E-state index < -0.39 is 0 Å². The van der Waals surface area contributed by atoms with Gasteiger partial charge in [-0.15, -0.1) is 0 Å². The van der Waals surface area contributed by atoms with Crippen molar-refractivity contribution in [3.63, 3.8) is 0 Å². The van der Waals surface area contributed by atoms with E-state index in [-0.39, 0.29) is 11.6 Å². The molecule has 2 rings (SSSR count). The lowest BCUT2D eigenvalue weighted by atomic mass is 9.98. The van der Waals surface area contributed by atoms with Gasteiger partial charge in [0.1, 0.15) is 0 Å². The van der Waals surface area contributed by atoms with Gasteiger partial charge in [-0.2, -0.15) is 0 Å². The minimum Gasteiger partial charge on any atom is -0.392 e. The van der Waals surface area contributed by atoms with Crippen LogP contribution in [-0.2, 0) is 6.54 Å². The number of hydrogen-bond acceptors (Lipinski definition) is 3. The van der Waals surface area contributed by atoms with E-state index in [9.17, 15) is 5.11 Å². The quantitative estimate of drug-likeness (QED) is 0.868. The highest BCUT2D eigenvalue weighted by Crippen LogP contribution is 2.20. The summed E-state index contributed by atoms with van der Waals surface area (Å²) in [7, 11) is 0. The van der Waals surface area contributed by atoms with Crippen molar-refractivity contribution in [3.8, 4) is 0 Å². The second kappa shape index (κ2) is 6.59. The Labute approximate surface area is 123 Å². The Bertz CT molecular complexity index is 406. The largest absolute Gasteiger partial charge is 0.392 e. The van der Waals surface area contributed by atoms with Gasteiger partial charge in [0.2, 0.25) is 0 Å². The monoisotopic (exact) mass is 276 g/mol. The molecule has 1 aromatic carbocycles. The lowest BCUT2D eigenvalue weighted by Gasteiger charge is -2.30. The Morgan fingerprint density at radius 1 is 1.15 bits per heavy atom. The second-order valence-electron chi connectivity index (χ2n) is 6.47. The molecule has 1 aliphatic heterocycles. The Morgan fingerprint density at radius 3 is 2.30 bits per heavy atom. The van der Waals surface area contributed by atoms with Crippen LogP contribution in [0.25, 0.3) is 0 Å². The first-order chi connectivity index (χ1) is 9.49. The molecule has 3 heteroatoms. The summed E-state index contributed by atoms with van der Waals surface area (Å²) in [4.78, 5) is 2.47. The Hall–Kier alpha value is -1.06. The molecule has 1 atom stereocenters. The molecule has 0 saturated carbocycles. The summed E-state index contributed by atoms with van der Waals surface area (Å²) in [6.45, 7) is 9.05. The van der Waals surface area contributed by atoms with Crippen molar-refractivity contribution in [3.05, 3.63) is 29.8 Å². The van der Waals surface area contributed by atoms with E-state index in [2.05, 4.69) is 34.5 Å². The number of hydrogen-bond donors (Lipinski definition) is 2. The van der Waals surface area contributed by atoms with E-state index in [0.29, 0.717) is 0 Å². The lowest BCUT2D eigenvalue weighted by Crippen LogP contribution is -2.47. The maximum absolute atomic E-state index is 9.70. The summed E-state index contributed by atoms with van der Waals surface area (Å²) >= 11 is 0. The highest BCUT2D eigenvalue weighted by atomic mass is 16.3. The normalized spacial score (nSPS) is 18.1. The standard InChI is InChI=1S/C17H28N2O/c1-14(20)17(2,3)18-13-15-7-9-16(10-8-15)19-11-5-4-6-12-19/h7-10,14,18,20H,4-6,11-13H2,1-3H3. The van der Waals surface area contributed by atoms with Crippen LogP contribution >= 0.6 is 0 Å². The molecule has 0 amide bonds. The summed E-state index contributed by atoms with van der Waals surface area (Å²) in [6.07, 6.45) is 3.63. The van der Waals surface area contributed by atoms with E-state index in [1.54, 1.807) is 0 Å². The number of benzene rings is 1. The predicted octanol–water partition coefficient (Wildman–Crippen LogP) is 2.93. The molecule has 2 N–H and O–H groups in total. The van der Waals surface area contributed by atoms with Crippen LogP contribution in [0.15, 0.2) is 24.3 Å². The first kappa shape index (κ1) is 15.3. The van der Waals surface area contributed by atoms with Crippen molar-refractivity contribution in [2.45, 2.75) is 58.2 Å². The second-order valence-corrected chi connectivity index (χ2v) is 6.47. The minimum absolute atomic E-state index is 0.258. The number of aliphatic hydroxyl groups is 1. The Balaban J connectivity index is 1.91. The molecule has 0 bridgehead atoms.